The van der Waals surface area contributed by atoms with Crippen molar-refractivity contribution in [1.82, 2.24) is 0 Å². The summed E-state index contributed by atoms with van der Waals surface area (Å²) in [7, 11) is 0. The van der Waals surface area contributed by atoms with Gasteiger partial charge in [0.2, 0.25) is 0 Å². The summed E-state index contributed by atoms with van der Waals surface area (Å²) in [5, 5.41) is 0.936. The second-order valence-corrected chi connectivity index (χ2v) is 5.42. The van der Waals surface area contributed by atoms with Crippen LogP contribution in [-0.2, 0) is 4.74 Å². The van der Waals surface area contributed by atoms with Crippen LogP contribution in [0.5, 0.6) is 0 Å². The molecule has 88 valence electrons. The second-order valence-electron chi connectivity index (χ2n) is 4.14. The van der Waals surface area contributed by atoms with Crippen molar-refractivity contribution in [1.29, 1.82) is 0 Å². The molecule has 2 rings (SSSR count). The molecule has 0 amide bonds. The maximum absolute atomic E-state index is 6.38. The highest BCUT2D eigenvalue weighted by molar-refractivity contribution is 6.42. The van der Waals surface area contributed by atoms with Crippen LogP contribution in [-0.4, -0.2) is 12.2 Å². The third-order valence-electron chi connectivity index (χ3n) is 2.85. The first-order chi connectivity index (χ1) is 7.58. The standard InChI is InChI=1S/C12H13Cl3O/c1-7-2-5-11(16-7)12(15)8-3-4-9(13)10(14)6-8/h3-4,6-7,11-12H,2,5H2,1H3. The van der Waals surface area contributed by atoms with E-state index in [4.69, 9.17) is 39.5 Å². The summed E-state index contributed by atoms with van der Waals surface area (Å²) in [6.07, 6.45) is 2.44. The van der Waals surface area contributed by atoms with E-state index in [2.05, 4.69) is 6.92 Å². The molecule has 1 heterocycles. The van der Waals surface area contributed by atoms with Gasteiger partial charge in [-0.2, -0.15) is 0 Å². The molecule has 1 aliphatic heterocycles. The maximum atomic E-state index is 6.38. The Morgan fingerprint density at radius 1 is 1.25 bits per heavy atom. The monoisotopic (exact) mass is 278 g/mol. The van der Waals surface area contributed by atoms with Gasteiger partial charge in [-0.05, 0) is 37.5 Å². The molecule has 1 aliphatic rings. The van der Waals surface area contributed by atoms with Crippen LogP contribution in [0.1, 0.15) is 30.7 Å². The largest absolute Gasteiger partial charge is 0.373 e. The van der Waals surface area contributed by atoms with E-state index in [0.717, 1.165) is 18.4 Å². The van der Waals surface area contributed by atoms with E-state index in [-0.39, 0.29) is 11.5 Å². The molecule has 0 aromatic heterocycles. The number of alkyl halides is 1. The number of rotatable bonds is 2. The van der Waals surface area contributed by atoms with E-state index in [9.17, 15) is 0 Å². The molecule has 1 fully saturated rings. The highest BCUT2D eigenvalue weighted by atomic mass is 35.5. The number of hydrogen-bond donors (Lipinski definition) is 0. The van der Waals surface area contributed by atoms with E-state index >= 15 is 0 Å². The number of halogens is 3. The summed E-state index contributed by atoms with van der Waals surface area (Å²) >= 11 is 18.2. The fourth-order valence-electron chi connectivity index (χ4n) is 1.95. The van der Waals surface area contributed by atoms with Crippen LogP contribution in [0.3, 0.4) is 0 Å². The van der Waals surface area contributed by atoms with Gasteiger partial charge in [-0.3, -0.25) is 0 Å². The van der Waals surface area contributed by atoms with E-state index in [1.165, 1.54) is 0 Å². The Balaban J connectivity index is 2.14. The number of hydrogen-bond acceptors (Lipinski definition) is 1. The third kappa shape index (κ3) is 2.65. The van der Waals surface area contributed by atoms with Crippen LogP contribution >= 0.6 is 34.8 Å². The lowest BCUT2D eigenvalue weighted by atomic mass is 10.0. The predicted octanol–water partition coefficient (Wildman–Crippen LogP) is 4.84. The normalized spacial score (nSPS) is 27.0. The lowest BCUT2D eigenvalue weighted by Gasteiger charge is -2.18. The molecule has 0 N–H and O–H groups in total. The van der Waals surface area contributed by atoms with Gasteiger partial charge in [0.1, 0.15) is 0 Å². The molecule has 0 radical (unpaired) electrons. The smallest absolute Gasteiger partial charge is 0.0847 e. The molecule has 4 heteroatoms. The van der Waals surface area contributed by atoms with Crippen molar-refractivity contribution in [2.24, 2.45) is 0 Å². The van der Waals surface area contributed by atoms with Crippen molar-refractivity contribution in [2.45, 2.75) is 37.4 Å². The number of ether oxygens (including phenoxy) is 1. The van der Waals surface area contributed by atoms with Gasteiger partial charge in [-0.1, -0.05) is 29.3 Å². The van der Waals surface area contributed by atoms with Crippen molar-refractivity contribution in [3.8, 4) is 0 Å². The minimum atomic E-state index is -0.153. The van der Waals surface area contributed by atoms with Crippen LogP contribution in [0.25, 0.3) is 0 Å². The Morgan fingerprint density at radius 3 is 2.56 bits per heavy atom. The van der Waals surface area contributed by atoms with Gasteiger partial charge in [0.05, 0.1) is 27.6 Å². The molecule has 16 heavy (non-hydrogen) atoms. The molecular weight excluding hydrogens is 266 g/mol. The fourth-order valence-corrected chi connectivity index (χ4v) is 2.57. The molecule has 0 aliphatic carbocycles. The van der Waals surface area contributed by atoms with Gasteiger partial charge in [0.25, 0.3) is 0 Å². The Bertz CT molecular complexity index is 381. The quantitative estimate of drug-likeness (QED) is 0.704. The van der Waals surface area contributed by atoms with E-state index < -0.39 is 0 Å². The lowest BCUT2D eigenvalue weighted by molar-refractivity contribution is 0.0533. The van der Waals surface area contributed by atoms with Crippen LogP contribution < -0.4 is 0 Å². The van der Waals surface area contributed by atoms with Crippen LogP contribution in [0.2, 0.25) is 10.0 Å². The minimum Gasteiger partial charge on any atom is -0.373 e. The second kappa shape index (κ2) is 5.14. The summed E-state index contributed by atoms with van der Waals surface area (Å²) in [6, 6.07) is 5.49. The third-order valence-corrected chi connectivity index (χ3v) is 4.13. The average Bonchev–Trinajstić information content (AvgIpc) is 2.68. The van der Waals surface area contributed by atoms with Crippen molar-refractivity contribution >= 4 is 34.8 Å². The first kappa shape index (κ1) is 12.5. The molecule has 1 nitrogen and oxygen atoms in total. The van der Waals surface area contributed by atoms with Crippen molar-refractivity contribution < 1.29 is 4.74 Å². The van der Waals surface area contributed by atoms with E-state index in [1.807, 2.05) is 12.1 Å². The SMILES string of the molecule is CC1CCC(C(Cl)c2ccc(Cl)c(Cl)c2)O1. The Hall–Kier alpha value is 0.0500. The maximum Gasteiger partial charge on any atom is 0.0847 e. The Kier molecular flexibility index (Phi) is 4.01. The van der Waals surface area contributed by atoms with Crippen LogP contribution in [0, 0.1) is 0 Å². The van der Waals surface area contributed by atoms with Crippen LogP contribution in [0.4, 0.5) is 0 Å². The fraction of sp³-hybridized carbons (Fsp3) is 0.500. The summed E-state index contributed by atoms with van der Waals surface area (Å²) in [6.45, 7) is 2.07. The molecule has 3 atom stereocenters. The summed E-state index contributed by atoms with van der Waals surface area (Å²) in [5.74, 6) is 0. The predicted molar refractivity (Wildman–Crippen MR) is 68.6 cm³/mol. The highest BCUT2D eigenvalue weighted by Gasteiger charge is 2.29. The summed E-state index contributed by atoms with van der Waals surface area (Å²) in [4.78, 5) is 0. The molecule has 0 bridgehead atoms. The van der Waals surface area contributed by atoms with E-state index in [0.29, 0.717) is 16.1 Å². The summed E-state index contributed by atoms with van der Waals surface area (Å²) < 4.78 is 5.74. The topological polar surface area (TPSA) is 9.23 Å². The van der Waals surface area contributed by atoms with Gasteiger partial charge < -0.3 is 4.74 Å². The Morgan fingerprint density at radius 2 is 2.00 bits per heavy atom. The molecule has 1 aromatic rings. The average molecular weight is 280 g/mol. The minimum absolute atomic E-state index is 0.0777. The van der Waals surface area contributed by atoms with Gasteiger partial charge in [-0.25, -0.2) is 0 Å². The molecule has 0 saturated carbocycles. The first-order valence-corrected chi connectivity index (χ1v) is 6.51. The molecular formula is C12H13Cl3O. The van der Waals surface area contributed by atoms with Crippen LogP contribution in [0.15, 0.2) is 18.2 Å². The zero-order valence-corrected chi connectivity index (χ0v) is 11.2. The molecule has 1 aromatic carbocycles. The number of benzene rings is 1. The molecule has 0 spiro atoms. The summed E-state index contributed by atoms with van der Waals surface area (Å²) in [5.41, 5.74) is 0.968. The van der Waals surface area contributed by atoms with Gasteiger partial charge in [0, 0.05) is 0 Å². The van der Waals surface area contributed by atoms with Gasteiger partial charge in [-0.15, -0.1) is 11.6 Å². The molecule has 3 unspecified atom stereocenters. The van der Waals surface area contributed by atoms with Gasteiger partial charge >= 0.3 is 0 Å². The highest BCUT2D eigenvalue weighted by Crippen LogP contribution is 2.36. The zero-order valence-electron chi connectivity index (χ0n) is 8.92. The Labute approximate surface area is 111 Å². The van der Waals surface area contributed by atoms with Crippen molar-refractivity contribution in [3.05, 3.63) is 33.8 Å². The first-order valence-electron chi connectivity index (χ1n) is 5.32. The van der Waals surface area contributed by atoms with E-state index in [1.54, 1.807) is 6.07 Å². The van der Waals surface area contributed by atoms with Crippen molar-refractivity contribution in [3.63, 3.8) is 0 Å². The van der Waals surface area contributed by atoms with Gasteiger partial charge in [0.15, 0.2) is 0 Å². The lowest BCUT2D eigenvalue weighted by Crippen LogP contribution is -2.14. The zero-order chi connectivity index (χ0) is 11.7. The molecule has 1 saturated heterocycles. The van der Waals surface area contributed by atoms with Crippen molar-refractivity contribution in [2.75, 3.05) is 0 Å².